The zero-order chi connectivity index (χ0) is 25.8. The summed E-state index contributed by atoms with van der Waals surface area (Å²) in [6.45, 7) is 5.42. The molecule has 0 fully saturated rings. The van der Waals surface area contributed by atoms with Crippen molar-refractivity contribution in [1.29, 1.82) is 0 Å². The summed E-state index contributed by atoms with van der Waals surface area (Å²) in [5.41, 5.74) is 0.350. The minimum atomic E-state index is -4.69. The van der Waals surface area contributed by atoms with Gasteiger partial charge >= 0.3 is 12.1 Å². The molecule has 0 saturated heterocycles. The van der Waals surface area contributed by atoms with Crippen LogP contribution in [0.1, 0.15) is 33.4 Å². The van der Waals surface area contributed by atoms with Crippen molar-refractivity contribution < 1.29 is 32.2 Å². The number of carbonyl (C=O) groups is 2. The number of hydrogen-bond donors (Lipinski definition) is 1. The first-order valence-electron chi connectivity index (χ1n) is 10.3. The van der Waals surface area contributed by atoms with Gasteiger partial charge < -0.3 is 14.8 Å². The molecule has 7 nitrogen and oxygen atoms in total. The Labute approximate surface area is 208 Å². The summed E-state index contributed by atoms with van der Waals surface area (Å²) in [7, 11) is 1.48. The molecule has 186 valence electrons. The largest absolute Gasteiger partial charge is 0.497 e. The van der Waals surface area contributed by atoms with E-state index in [2.05, 4.69) is 15.3 Å². The number of esters is 1. The number of alkyl halides is 3. The Morgan fingerprint density at radius 3 is 2.43 bits per heavy atom. The Morgan fingerprint density at radius 2 is 1.83 bits per heavy atom. The number of thiophene rings is 1. The number of thioether (sulfide) groups is 1. The number of nitrogens with one attached hydrogen (secondary N) is 1. The average molecular weight is 526 g/mol. The van der Waals surface area contributed by atoms with Crippen molar-refractivity contribution in [3.8, 4) is 17.0 Å². The average Bonchev–Trinajstić information content (AvgIpc) is 3.09. The van der Waals surface area contributed by atoms with Crippen LogP contribution in [-0.4, -0.2) is 41.3 Å². The van der Waals surface area contributed by atoms with Crippen molar-refractivity contribution in [3.05, 3.63) is 52.0 Å². The van der Waals surface area contributed by atoms with E-state index in [0.717, 1.165) is 22.7 Å². The molecule has 3 aromatic rings. The third-order valence-corrected chi connectivity index (χ3v) is 6.80. The fourth-order valence-corrected chi connectivity index (χ4v) is 4.72. The van der Waals surface area contributed by atoms with Crippen molar-refractivity contribution >= 4 is 40.0 Å². The zero-order valence-corrected chi connectivity index (χ0v) is 20.9. The van der Waals surface area contributed by atoms with Crippen molar-refractivity contribution in [1.82, 2.24) is 9.97 Å². The van der Waals surface area contributed by atoms with Crippen molar-refractivity contribution in [3.63, 3.8) is 0 Å². The standard InChI is InChI=1S/C23H22F3N3O4S2/c1-5-33-21(31)19-12(2)13(3)35-20(19)29-18(30)11-34-22-27-16(10-17(28-22)23(24,25)26)14-6-8-15(32-4)9-7-14/h6-10H,5,11H2,1-4H3,(H,29,30). The molecule has 0 bridgehead atoms. The number of hydrogen-bond acceptors (Lipinski definition) is 8. The Morgan fingerprint density at radius 1 is 1.14 bits per heavy atom. The van der Waals surface area contributed by atoms with Gasteiger partial charge in [-0.1, -0.05) is 11.8 Å². The summed E-state index contributed by atoms with van der Waals surface area (Å²) >= 11 is 1.98. The number of rotatable bonds is 8. The molecule has 0 atom stereocenters. The third kappa shape index (κ3) is 6.51. The molecular weight excluding hydrogens is 503 g/mol. The normalized spacial score (nSPS) is 11.3. The topological polar surface area (TPSA) is 90.4 Å². The van der Waals surface area contributed by atoms with E-state index < -0.39 is 23.7 Å². The Hall–Kier alpha value is -3.12. The van der Waals surface area contributed by atoms with Crippen molar-refractivity contribution in [2.75, 3.05) is 24.8 Å². The van der Waals surface area contributed by atoms with E-state index in [9.17, 15) is 22.8 Å². The molecule has 35 heavy (non-hydrogen) atoms. The van der Waals surface area contributed by atoms with Gasteiger partial charge in [0.15, 0.2) is 5.16 Å². The summed E-state index contributed by atoms with van der Waals surface area (Å²) in [5.74, 6) is -0.787. The molecule has 1 amide bonds. The molecule has 12 heteroatoms. The first kappa shape index (κ1) is 26.5. The van der Waals surface area contributed by atoms with Crippen LogP contribution in [0, 0.1) is 13.8 Å². The number of methoxy groups -OCH3 is 1. The van der Waals surface area contributed by atoms with Crippen LogP contribution < -0.4 is 10.1 Å². The SMILES string of the molecule is CCOC(=O)c1c(NC(=O)CSc2nc(-c3ccc(OC)cc3)cc(C(F)(F)F)n2)sc(C)c1C. The highest BCUT2D eigenvalue weighted by Gasteiger charge is 2.34. The quantitative estimate of drug-likeness (QED) is 0.227. The molecule has 2 heterocycles. The number of aryl methyl sites for hydroxylation is 1. The van der Waals surface area contributed by atoms with Crippen LogP contribution in [0.5, 0.6) is 5.75 Å². The van der Waals surface area contributed by atoms with Crippen molar-refractivity contribution in [2.45, 2.75) is 32.1 Å². The first-order chi connectivity index (χ1) is 16.5. The fraction of sp³-hybridized carbons (Fsp3) is 0.304. The maximum absolute atomic E-state index is 13.5. The second-order valence-corrected chi connectivity index (χ2v) is 9.36. The van der Waals surface area contributed by atoms with E-state index in [1.54, 1.807) is 38.1 Å². The summed E-state index contributed by atoms with van der Waals surface area (Å²) < 4.78 is 50.5. The van der Waals surface area contributed by atoms with Crippen LogP contribution >= 0.6 is 23.1 Å². The number of halogens is 3. The lowest BCUT2D eigenvalue weighted by atomic mass is 10.1. The van der Waals surface area contributed by atoms with Gasteiger partial charge in [-0.3, -0.25) is 4.79 Å². The number of ether oxygens (including phenoxy) is 2. The maximum atomic E-state index is 13.5. The Balaban J connectivity index is 1.81. The van der Waals surface area contributed by atoms with Gasteiger partial charge in [-0.05, 0) is 56.7 Å². The maximum Gasteiger partial charge on any atom is 0.433 e. The second kappa shape index (κ2) is 11.1. The van der Waals surface area contributed by atoms with Gasteiger partial charge in [0.1, 0.15) is 16.4 Å². The number of anilines is 1. The van der Waals surface area contributed by atoms with Crippen LogP contribution in [0.4, 0.5) is 18.2 Å². The molecule has 0 aliphatic carbocycles. The van der Waals surface area contributed by atoms with E-state index in [4.69, 9.17) is 9.47 Å². The molecule has 0 radical (unpaired) electrons. The van der Waals surface area contributed by atoms with Crippen LogP contribution in [-0.2, 0) is 15.7 Å². The fourth-order valence-electron chi connectivity index (χ4n) is 3.00. The van der Waals surface area contributed by atoms with Crippen LogP contribution in [0.2, 0.25) is 0 Å². The van der Waals surface area contributed by atoms with E-state index >= 15 is 0 Å². The predicted octanol–water partition coefficient (Wildman–Crippen LogP) is 5.76. The predicted molar refractivity (Wildman–Crippen MR) is 128 cm³/mol. The molecule has 0 aliphatic heterocycles. The smallest absolute Gasteiger partial charge is 0.433 e. The van der Waals surface area contributed by atoms with E-state index in [1.807, 2.05) is 6.92 Å². The van der Waals surface area contributed by atoms with E-state index in [1.165, 1.54) is 18.4 Å². The summed E-state index contributed by atoms with van der Waals surface area (Å²) in [6.07, 6.45) is -4.69. The van der Waals surface area contributed by atoms with Gasteiger partial charge in [0.25, 0.3) is 0 Å². The second-order valence-electron chi connectivity index (χ2n) is 7.19. The van der Waals surface area contributed by atoms with E-state index in [-0.39, 0.29) is 28.8 Å². The summed E-state index contributed by atoms with van der Waals surface area (Å²) in [4.78, 5) is 33.5. The first-order valence-corrected chi connectivity index (χ1v) is 12.1. The minimum Gasteiger partial charge on any atom is -0.497 e. The number of benzene rings is 1. The van der Waals surface area contributed by atoms with Crippen LogP contribution in [0.3, 0.4) is 0 Å². The lowest BCUT2D eigenvalue weighted by Crippen LogP contribution is -2.17. The summed E-state index contributed by atoms with van der Waals surface area (Å²) in [6, 6.07) is 7.24. The molecule has 1 N–H and O–H groups in total. The number of amides is 1. The Kier molecular flexibility index (Phi) is 8.39. The highest BCUT2D eigenvalue weighted by Crippen LogP contribution is 2.34. The molecule has 0 unspecified atom stereocenters. The van der Waals surface area contributed by atoms with E-state index in [0.29, 0.717) is 21.9 Å². The molecule has 0 aliphatic rings. The number of aromatic nitrogens is 2. The third-order valence-electron chi connectivity index (χ3n) is 4.83. The summed E-state index contributed by atoms with van der Waals surface area (Å²) in [5, 5.41) is 2.77. The highest BCUT2D eigenvalue weighted by atomic mass is 32.2. The van der Waals surface area contributed by atoms with Crippen LogP contribution in [0.15, 0.2) is 35.5 Å². The molecular formula is C23H22F3N3O4S2. The van der Waals surface area contributed by atoms with Gasteiger partial charge in [-0.15, -0.1) is 11.3 Å². The number of carbonyl (C=O) groups excluding carboxylic acids is 2. The van der Waals surface area contributed by atoms with Gasteiger partial charge in [-0.25, -0.2) is 14.8 Å². The minimum absolute atomic E-state index is 0.0620. The number of nitrogens with zero attached hydrogens (tertiary/aromatic N) is 2. The monoisotopic (exact) mass is 525 g/mol. The van der Waals surface area contributed by atoms with Gasteiger partial charge in [0.2, 0.25) is 5.91 Å². The Bertz CT molecular complexity index is 1230. The van der Waals surface area contributed by atoms with Gasteiger partial charge in [0, 0.05) is 10.4 Å². The van der Waals surface area contributed by atoms with Crippen molar-refractivity contribution in [2.24, 2.45) is 0 Å². The van der Waals surface area contributed by atoms with Gasteiger partial charge in [0.05, 0.1) is 30.7 Å². The highest BCUT2D eigenvalue weighted by molar-refractivity contribution is 7.99. The lowest BCUT2D eigenvalue weighted by Gasteiger charge is -2.11. The zero-order valence-electron chi connectivity index (χ0n) is 19.3. The molecule has 2 aromatic heterocycles. The molecule has 0 saturated carbocycles. The molecule has 0 spiro atoms. The van der Waals surface area contributed by atoms with Gasteiger partial charge in [-0.2, -0.15) is 13.2 Å². The molecule has 1 aromatic carbocycles. The molecule has 3 rings (SSSR count). The lowest BCUT2D eigenvalue weighted by molar-refractivity contribution is -0.141. The van der Waals surface area contributed by atoms with Crippen LogP contribution in [0.25, 0.3) is 11.3 Å².